The third kappa shape index (κ3) is 3.79. The Morgan fingerprint density at radius 3 is 2.63 bits per heavy atom. The molecule has 100 valence electrons. The van der Waals surface area contributed by atoms with Crippen LogP contribution in [-0.2, 0) is 0 Å². The number of hydrogen-bond donors (Lipinski definition) is 1. The van der Waals surface area contributed by atoms with E-state index in [1.807, 2.05) is 13.0 Å². The van der Waals surface area contributed by atoms with Crippen LogP contribution >= 0.6 is 11.8 Å². The van der Waals surface area contributed by atoms with Gasteiger partial charge in [-0.05, 0) is 37.3 Å². The summed E-state index contributed by atoms with van der Waals surface area (Å²) in [5.74, 6) is 1.46. The average Bonchev–Trinajstić information content (AvgIpc) is 2.81. The van der Waals surface area contributed by atoms with Crippen LogP contribution in [0.3, 0.4) is 0 Å². The van der Waals surface area contributed by atoms with Gasteiger partial charge < -0.3 is 14.3 Å². The molecule has 0 aliphatic heterocycles. The molecule has 0 aliphatic carbocycles. The van der Waals surface area contributed by atoms with Crippen molar-refractivity contribution in [3.8, 4) is 5.75 Å². The summed E-state index contributed by atoms with van der Waals surface area (Å²) in [6, 6.07) is 8.33. The van der Waals surface area contributed by atoms with E-state index in [1.165, 1.54) is 12.1 Å². The molecule has 1 heterocycles. The Balaban J connectivity index is 1.76. The van der Waals surface area contributed by atoms with Crippen LogP contribution in [0, 0.1) is 6.92 Å². The maximum Gasteiger partial charge on any atom is 0.335 e. The number of aromatic carboxylic acids is 1. The molecule has 0 amide bonds. The van der Waals surface area contributed by atoms with Crippen LogP contribution in [0.5, 0.6) is 5.75 Å². The van der Waals surface area contributed by atoms with Crippen molar-refractivity contribution in [2.45, 2.75) is 11.8 Å². The van der Waals surface area contributed by atoms with Crippen LogP contribution in [0.25, 0.3) is 0 Å². The van der Waals surface area contributed by atoms with Crippen molar-refractivity contribution in [3.05, 3.63) is 47.9 Å². The van der Waals surface area contributed by atoms with Crippen molar-refractivity contribution in [2.24, 2.45) is 0 Å². The van der Waals surface area contributed by atoms with Crippen LogP contribution in [0.2, 0.25) is 0 Å². The van der Waals surface area contributed by atoms with Crippen LogP contribution in [0.4, 0.5) is 0 Å². The summed E-state index contributed by atoms with van der Waals surface area (Å²) in [5.41, 5.74) is 0.260. The minimum atomic E-state index is -0.933. The van der Waals surface area contributed by atoms with Crippen LogP contribution in [0.15, 0.2) is 45.9 Å². The highest BCUT2D eigenvalue weighted by atomic mass is 32.2. The quantitative estimate of drug-likeness (QED) is 0.647. The predicted octanol–water partition coefficient (Wildman–Crippen LogP) is 3.46. The Hall–Kier alpha value is -1.88. The van der Waals surface area contributed by atoms with E-state index >= 15 is 0 Å². The van der Waals surface area contributed by atoms with E-state index in [0.29, 0.717) is 12.4 Å². The highest BCUT2D eigenvalue weighted by Crippen LogP contribution is 2.23. The fourth-order valence-electron chi connectivity index (χ4n) is 1.53. The summed E-state index contributed by atoms with van der Waals surface area (Å²) in [7, 11) is 0. The molecule has 0 saturated carbocycles. The summed E-state index contributed by atoms with van der Waals surface area (Å²) in [6.07, 6.45) is 1.67. The molecule has 0 atom stereocenters. The van der Waals surface area contributed by atoms with Crippen LogP contribution < -0.4 is 4.74 Å². The fourth-order valence-corrected chi connectivity index (χ4v) is 2.32. The molecule has 0 spiro atoms. The summed E-state index contributed by atoms with van der Waals surface area (Å²) < 4.78 is 10.7. The van der Waals surface area contributed by atoms with E-state index in [9.17, 15) is 4.79 Å². The second-order valence-electron chi connectivity index (χ2n) is 3.87. The van der Waals surface area contributed by atoms with Crippen molar-refractivity contribution in [1.82, 2.24) is 0 Å². The average molecular weight is 278 g/mol. The Bertz CT molecular complexity index is 545. The zero-order valence-corrected chi connectivity index (χ0v) is 11.3. The molecule has 2 rings (SSSR count). The van der Waals surface area contributed by atoms with Crippen molar-refractivity contribution >= 4 is 17.7 Å². The fraction of sp³-hybridized carbons (Fsp3) is 0.214. The third-order valence-electron chi connectivity index (χ3n) is 2.52. The van der Waals surface area contributed by atoms with E-state index in [0.717, 1.165) is 16.4 Å². The molecule has 0 unspecified atom stereocenters. The van der Waals surface area contributed by atoms with E-state index in [4.69, 9.17) is 14.3 Å². The number of furan rings is 1. The summed E-state index contributed by atoms with van der Waals surface area (Å²) in [5, 5.41) is 8.77. The Labute approximate surface area is 115 Å². The summed E-state index contributed by atoms with van der Waals surface area (Å²) in [4.78, 5) is 11.8. The van der Waals surface area contributed by atoms with Gasteiger partial charge in [0, 0.05) is 10.6 Å². The van der Waals surface area contributed by atoms with Crippen molar-refractivity contribution < 1.29 is 19.1 Å². The molecule has 5 heteroatoms. The number of carbonyl (C=O) groups is 1. The summed E-state index contributed by atoms with van der Waals surface area (Å²) >= 11 is 1.67. The molecule has 0 aliphatic rings. The number of carboxylic acids is 1. The Morgan fingerprint density at radius 1 is 1.32 bits per heavy atom. The minimum absolute atomic E-state index is 0.260. The summed E-state index contributed by atoms with van der Waals surface area (Å²) in [6.45, 7) is 2.48. The zero-order valence-electron chi connectivity index (χ0n) is 10.5. The highest BCUT2D eigenvalue weighted by molar-refractivity contribution is 7.99. The number of aryl methyl sites for hydroxylation is 1. The van der Waals surface area contributed by atoms with Gasteiger partial charge in [0.05, 0.1) is 18.4 Å². The van der Waals surface area contributed by atoms with Crippen molar-refractivity contribution in [1.29, 1.82) is 0 Å². The smallest absolute Gasteiger partial charge is 0.335 e. The largest absolute Gasteiger partial charge is 0.493 e. The van der Waals surface area contributed by atoms with Gasteiger partial charge in [0.2, 0.25) is 0 Å². The van der Waals surface area contributed by atoms with Gasteiger partial charge in [-0.15, -0.1) is 11.8 Å². The Kier molecular flexibility index (Phi) is 4.52. The molecule has 0 fully saturated rings. The van der Waals surface area contributed by atoms with E-state index in [2.05, 4.69) is 0 Å². The third-order valence-corrected chi connectivity index (χ3v) is 3.63. The van der Waals surface area contributed by atoms with Crippen molar-refractivity contribution in [3.63, 3.8) is 0 Å². The highest BCUT2D eigenvalue weighted by Gasteiger charge is 2.03. The number of thioether (sulfide) groups is 1. The van der Waals surface area contributed by atoms with Crippen LogP contribution in [0.1, 0.15) is 16.1 Å². The first-order valence-electron chi connectivity index (χ1n) is 5.80. The van der Waals surface area contributed by atoms with E-state index in [-0.39, 0.29) is 5.56 Å². The molecular formula is C14H14O4S. The lowest BCUT2D eigenvalue weighted by molar-refractivity contribution is 0.0697. The maximum atomic E-state index is 10.7. The first-order valence-corrected chi connectivity index (χ1v) is 6.78. The van der Waals surface area contributed by atoms with Crippen molar-refractivity contribution in [2.75, 3.05) is 12.4 Å². The number of ether oxygens (including phenoxy) is 1. The lowest BCUT2D eigenvalue weighted by Gasteiger charge is -2.05. The standard InChI is InChI=1S/C14H14O4S/c1-10-13(6-7-17-10)19-9-8-18-12-4-2-11(3-5-12)14(15)16/h2-7H,8-9H2,1H3,(H,15,16). The molecular weight excluding hydrogens is 264 g/mol. The van der Waals surface area contributed by atoms with Crippen LogP contribution in [-0.4, -0.2) is 23.4 Å². The molecule has 0 radical (unpaired) electrons. The molecule has 0 saturated heterocycles. The van der Waals surface area contributed by atoms with Gasteiger partial charge in [0.1, 0.15) is 11.5 Å². The maximum absolute atomic E-state index is 10.7. The van der Waals surface area contributed by atoms with Gasteiger partial charge in [-0.1, -0.05) is 0 Å². The molecule has 2 aromatic rings. The first-order chi connectivity index (χ1) is 9.16. The number of benzene rings is 1. The molecule has 1 aromatic heterocycles. The second kappa shape index (κ2) is 6.33. The molecule has 4 nitrogen and oxygen atoms in total. The van der Waals surface area contributed by atoms with Gasteiger partial charge >= 0.3 is 5.97 Å². The minimum Gasteiger partial charge on any atom is -0.493 e. The second-order valence-corrected chi connectivity index (χ2v) is 5.00. The topological polar surface area (TPSA) is 59.7 Å². The van der Waals surface area contributed by atoms with E-state index < -0.39 is 5.97 Å². The monoisotopic (exact) mass is 278 g/mol. The normalized spacial score (nSPS) is 10.4. The molecule has 19 heavy (non-hydrogen) atoms. The van der Waals surface area contributed by atoms with Gasteiger partial charge in [-0.3, -0.25) is 0 Å². The lowest BCUT2D eigenvalue weighted by Crippen LogP contribution is -2.01. The molecule has 1 N–H and O–H groups in total. The SMILES string of the molecule is Cc1occc1SCCOc1ccc(C(=O)O)cc1. The first kappa shape index (κ1) is 13.5. The number of hydrogen-bond acceptors (Lipinski definition) is 4. The number of rotatable bonds is 6. The van der Waals surface area contributed by atoms with Gasteiger partial charge in [0.15, 0.2) is 0 Å². The van der Waals surface area contributed by atoms with E-state index in [1.54, 1.807) is 30.2 Å². The lowest BCUT2D eigenvalue weighted by atomic mass is 10.2. The molecule has 1 aromatic carbocycles. The zero-order chi connectivity index (χ0) is 13.7. The predicted molar refractivity (Wildman–Crippen MR) is 73.1 cm³/mol. The van der Waals surface area contributed by atoms with Gasteiger partial charge in [-0.2, -0.15) is 0 Å². The van der Waals surface area contributed by atoms with Gasteiger partial charge in [-0.25, -0.2) is 4.79 Å². The Morgan fingerprint density at radius 2 is 2.05 bits per heavy atom. The molecule has 0 bridgehead atoms. The number of carboxylic acid groups (broad SMARTS) is 1. The van der Waals surface area contributed by atoms with Gasteiger partial charge in [0.25, 0.3) is 0 Å².